The van der Waals surface area contributed by atoms with E-state index in [0.29, 0.717) is 29.2 Å². The first kappa shape index (κ1) is 18.5. The summed E-state index contributed by atoms with van der Waals surface area (Å²) in [7, 11) is 3.43. The minimum absolute atomic E-state index is 0.0110. The molecular weight excluding hydrogens is 354 g/mol. The summed E-state index contributed by atoms with van der Waals surface area (Å²) < 4.78 is 7.17. The van der Waals surface area contributed by atoms with Crippen molar-refractivity contribution in [1.29, 1.82) is 0 Å². The Kier molecular flexibility index (Phi) is 4.83. The molecule has 1 aliphatic rings. The second-order valence-corrected chi connectivity index (χ2v) is 7.69. The number of nitrogens with one attached hydrogen (secondary N) is 1. The monoisotopic (exact) mass is 381 g/mol. The van der Waals surface area contributed by atoms with Gasteiger partial charge in [0.1, 0.15) is 11.3 Å². The maximum Gasteiger partial charge on any atom is 0.274 e. The fourth-order valence-corrected chi connectivity index (χ4v) is 3.93. The average molecular weight is 381 g/mol. The number of anilines is 1. The molecule has 3 heterocycles. The van der Waals surface area contributed by atoms with Crippen LogP contribution in [0.2, 0.25) is 0 Å². The van der Waals surface area contributed by atoms with Gasteiger partial charge in [-0.25, -0.2) is 4.98 Å². The first-order chi connectivity index (χ1) is 13.5. The molecule has 3 aromatic rings. The normalized spacial score (nSPS) is 20.4. The predicted molar refractivity (Wildman–Crippen MR) is 110 cm³/mol. The van der Waals surface area contributed by atoms with Gasteiger partial charge in [0.25, 0.3) is 5.91 Å². The van der Waals surface area contributed by atoms with E-state index in [1.54, 1.807) is 18.7 Å². The van der Waals surface area contributed by atoms with E-state index in [1.807, 2.05) is 29.2 Å². The van der Waals surface area contributed by atoms with Crippen LogP contribution in [-0.2, 0) is 0 Å². The highest BCUT2D eigenvalue weighted by molar-refractivity contribution is 6.01. The van der Waals surface area contributed by atoms with Crippen molar-refractivity contribution in [3.63, 3.8) is 0 Å². The minimum atomic E-state index is -0.0110. The number of rotatable bonds is 3. The van der Waals surface area contributed by atoms with E-state index >= 15 is 0 Å². The first-order valence-electron chi connectivity index (χ1n) is 9.87. The average Bonchev–Trinajstić information content (AvgIpc) is 3.10. The number of hydrogen-bond donors (Lipinski definition) is 1. The summed E-state index contributed by atoms with van der Waals surface area (Å²) in [4.78, 5) is 19.8. The predicted octanol–water partition coefficient (Wildman–Crippen LogP) is 3.44. The number of para-hydroxylation sites is 1. The fraction of sp³-hybridized carbons (Fsp3) is 0.476. The number of carbonyl (C=O) groups excluding carboxylic acids is 1. The number of hydrogen-bond acceptors (Lipinski definition) is 5. The SMILES string of the molecule is CNc1nc2c(OC)cccc2c2cc(C(=O)N3CCC(C)C(C)CC3)nn12. The van der Waals surface area contributed by atoms with Crippen LogP contribution >= 0.6 is 0 Å². The highest BCUT2D eigenvalue weighted by Crippen LogP contribution is 2.30. The topological polar surface area (TPSA) is 71.8 Å². The Hall–Kier alpha value is -2.83. The van der Waals surface area contributed by atoms with Crippen molar-refractivity contribution in [3.8, 4) is 5.75 Å². The van der Waals surface area contributed by atoms with Crippen molar-refractivity contribution in [2.45, 2.75) is 26.7 Å². The van der Waals surface area contributed by atoms with Crippen molar-refractivity contribution >= 4 is 28.3 Å². The third-order valence-corrected chi connectivity index (χ3v) is 6.03. The molecule has 1 saturated heterocycles. The summed E-state index contributed by atoms with van der Waals surface area (Å²) in [5.41, 5.74) is 2.04. The molecule has 148 valence electrons. The third kappa shape index (κ3) is 3.04. The van der Waals surface area contributed by atoms with E-state index in [4.69, 9.17) is 4.74 Å². The lowest BCUT2D eigenvalue weighted by molar-refractivity contribution is 0.0753. The number of likely N-dealkylation sites (tertiary alicyclic amines) is 1. The molecule has 7 nitrogen and oxygen atoms in total. The van der Waals surface area contributed by atoms with E-state index < -0.39 is 0 Å². The summed E-state index contributed by atoms with van der Waals surface area (Å²) in [6, 6.07) is 7.65. The lowest BCUT2D eigenvalue weighted by atomic mass is 9.92. The molecule has 1 fully saturated rings. The molecule has 0 bridgehead atoms. The van der Waals surface area contributed by atoms with Crippen LogP contribution in [0, 0.1) is 11.8 Å². The zero-order valence-electron chi connectivity index (χ0n) is 16.9. The van der Waals surface area contributed by atoms with E-state index in [1.165, 1.54) is 0 Å². The lowest BCUT2D eigenvalue weighted by Crippen LogP contribution is -2.32. The van der Waals surface area contributed by atoms with Crippen LogP contribution in [0.25, 0.3) is 16.4 Å². The van der Waals surface area contributed by atoms with Crippen molar-refractivity contribution in [3.05, 3.63) is 30.0 Å². The van der Waals surface area contributed by atoms with E-state index in [2.05, 4.69) is 29.2 Å². The van der Waals surface area contributed by atoms with Crippen LogP contribution in [0.3, 0.4) is 0 Å². The number of nitrogens with zero attached hydrogens (tertiary/aromatic N) is 4. The Balaban J connectivity index is 1.79. The van der Waals surface area contributed by atoms with Gasteiger partial charge in [0.05, 0.1) is 12.6 Å². The van der Waals surface area contributed by atoms with Crippen LogP contribution < -0.4 is 10.1 Å². The molecule has 0 radical (unpaired) electrons. The summed E-state index contributed by atoms with van der Waals surface area (Å²) in [6.45, 7) is 6.11. The van der Waals surface area contributed by atoms with Crippen molar-refractivity contribution in [2.24, 2.45) is 11.8 Å². The first-order valence-corrected chi connectivity index (χ1v) is 9.87. The van der Waals surface area contributed by atoms with Gasteiger partial charge < -0.3 is 15.0 Å². The van der Waals surface area contributed by atoms with Crippen LogP contribution in [0.1, 0.15) is 37.2 Å². The fourth-order valence-electron chi connectivity index (χ4n) is 3.93. The van der Waals surface area contributed by atoms with E-state index in [-0.39, 0.29) is 5.91 Å². The smallest absolute Gasteiger partial charge is 0.274 e. The van der Waals surface area contributed by atoms with Crippen molar-refractivity contribution in [1.82, 2.24) is 19.5 Å². The second kappa shape index (κ2) is 7.30. The van der Waals surface area contributed by atoms with Gasteiger partial charge in [-0.05, 0) is 36.8 Å². The zero-order valence-corrected chi connectivity index (χ0v) is 16.9. The number of aromatic nitrogens is 3. The molecule has 0 aliphatic carbocycles. The molecular formula is C21H27N5O2. The van der Waals surface area contributed by atoms with Crippen LogP contribution in [0.4, 0.5) is 5.95 Å². The Morgan fingerprint density at radius 2 is 1.93 bits per heavy atom. The summed E-state index contributed by atoms with van der Waals surface area (Å²) >= 11 is 0. The van der Waals surface area contributed by atoms with Gasteiger partial charge in [-0.2, -0.15) is 9.61 Å². The van der Waals surface area contributed by atoms with Gasteiger partial charge in [0.15, 0.2) is 5.69 Å². The summed E-state index contributed by atoms with van der Waals surface area (Å²) in [6.07, 6.45) is 2.06. The molecule has 2 unspecified atom stereocenters. The van der Waals surface area contributed by atoms with Gasteiger partial charge >= 0.3 is 0 Å². The van der Waals surface area contributed by atoms with Crippen molar-refractivity contribution < 1.29 is 9.53 Å². The number of fused-ring (bicyclic) bond motifs is 3. The molecule has 0 spiro atoms. The number of carbonyl (C=O) groups is 1. The summed E-state index contributed by atoms with van der Waals surface area (Å²) in [5.74, 6) is 2.53. The molecule has 28 heavy (non-hydrogen) atoms. The molecule has 1 N–H and O–H groups in total. The van der Waals surface area contributed by atoms with Gasteiger partial charge in [0, 0.05) is 25.5 Å². The third-order valence-electron chi connectivity index (χ3n) is 6.03. The molecule has 1 aromatic carbocycles. The van der Waals surface area contributed by atoms with E-state index in [0.717, 1.165) is 42.4 Å². The maximum atomic E-state index is 13.2. The standard InChI is InChI=1S/C21H27N5O2/c1-13-8-10-25(11-9-14(13)2)20(27)16-12-17-15-6-5-7-18(28-4)19(15)23-21(22-3)26(17)24-16/h5-7,12-14H,8-11H2,1-4H3,(H,22,23). The van der Waals surface area contributed by atoms with Gasteiger partial charge in [0.2, 0.25) is 5.95 Å². The number of ether oxygens (including phenoxy) is 1. The van der Waals surface area contributed by atoms with Gasteiger partial charge in [-0.15, -0.1) is 0 Å². The molecule has 0 saturated carbocycles. The maximum absolute atomic E-state index is 13.2. The summed E-state index contributed by atoms with van der Waals surface area (Å²) in [5, 5.41) is 8.57. The molecule has 7 heteroatoms. The Labute approximate surface area is 164 Å². The zero-order chi connectivity index (χ0) is 19.8. The molecule has 2 atom stereocenters. The van der Waals surface area contributed by atoms with Gasteiger partial charge in [-0.1, -0.05) is 26.0 Å². The molecule has 1 aliphatic heterocycles. The van der Waals surface area contributed by atoms with Crippen LogP contribution in [0.15, 0.2) is 24.3 Å². The molecule has 2 aromatic heterocycles. The van der Waals surface area contributed by atoms with E-state index in [9.17, 15) is 4.79 Å². The highest BCUT2D eigenvalue weighted by Gasteiger charge is 2.26. The second-order valence-electron chi connectivity index (χ2n) is 7.69. The van der Waals surface area contributed by atoms with Crippen LogP contribution in [0.5, 0.6) is 5.75 Å². The number of methoxy groups -OCH3 is 1. The van der Waals surface area contributed by atoms with Gasteiger partial charge in [-0.3, -0.25) is 4.79 Å². The quantitative estimate of drug-likeness (QED) is 0.752. The Morgan fingerprint density at radius 3 is 2.57 bits per heavy atom. The van der Waals surface area contributed by atoms with Crippen molar-refractivity contribution in [2.75, 3.05) is 32.6 Å². The Bertz CT molecular complexity index is 1020. The largest absolute Gasteiger partial charge is 0.494 e. The Morgan fingerprint density at radius 1 is 1.21 bits per heavy atom. The molecule has 1 amide bonds. The minimum Gasteiger partial charge on any atom is -0.494 e. The van der Waals surface area contributed by atoms with Crippen LogP contribution in [-0.4, -0.2) is 52.7 Å². The number of benzene rings is 1. The molecule has 4 rings (SSSR count). The highest BCUT2D eigenvalue weighted by atomic mass is 16.5. The lowest BCUT2D eigenvalue weighted by Gasteiger charge is -2.19. The number of amides is 1.